The third-order valence-corrected chi connectivity index (χ3v) is 5.72. The lowest BCUT2D eigenvalue weighted by atomic mass is 10.0. The Morgan fingerprint density at radius 3 is 2.76 bits per heavy atom. The second-order valence-corrected chi connectivity index (χ2v) is 8.40. The van der Waals surface area contributed by atoms with Gasteiger partial charge in [-0.05, 0) is 35.7 Å². The molecule has 9 nitrogen and oxygen atoms in total. The van der Waals surface area contributed by atoms with Crippen LogP contribution in [0.15, 0.2) is 48.8 Å². The maximum absolute atomic E-state index is 12.9. The van der Waals surface area contributed by atoms with E-state index in [1.165, 1.54) is 6.20 Å². The smallest absolute Gasteiger partial charge is 0.305 e. The minimum atomic E-state index is -1.05. The zero-order valence-corrected chi connectivity index (χ0v) is 19.2. The fourth-order valence-electron chi connectivity index (χ4n) is 3.92. The Morgan fingerprint density at radius 1 is 1.24 bits per heavy atom. The van der Waals surface area contributed by atoms with Gasteiger partial charge in [0, 0.05) is 37.6 Å². The van der Waals surface area contributed by atoms with E-state index >= 15 is 0 Å². The van der Waals surface area contributed by atoms with E-state index in [1.807, 2.05) is 6.07 Å². The molecule has 2 atom stereocenters. The number of carbonyl (C=O) groups is 4. The molecule has 9 heteroatoms. The second kappa shape index (κ2) is 11.9. The molecular weight excluding hydrogens is 436 g/mol. The van der Waals surface area contributed by atoms with Gasteiger partial charge in [-0.1, -0.05) is 31.5 Å². The van der Waals surface area contributed by atoms with Crippen LogP contribution in [0, 0.1) is 5.92 Å². The highest BCUT2D eigenvalue weighted by Gasteiger charge is 2.36. The van der Waals surface area contributed by atoms with Crippen molar-refractivity contribution in [3.63, 3.8) is 0 Å². The number of hydrogen-bond acceptors (Lipinski definition) is 5. The topological polar surface area (TPSA) is 129 Å². The van der Waals surface area contributed by atoms with Gasteiger partial charge in [0.25, 0.3) is 0 Å². The highest BCUT2D eigenvalue weighted by atomic mass is 16.4. The molecule has 1 saturated heterocycles. The van der Waals surface area contributed by atoms with E-state index in [1.54, 1.807) is 41.4 Å². The number of benzene rings is 1. The van der Waals surface area contributed by atoms with Gasteiger partial charge in [0.2, 0.25) is 17.7 Å². The van der Waals surface area contributed by atoms with E-state index in [9.17, 15) is 24.3 Å². The third kappa shape index (κ3) is 6.87. The van der Waals surface area contributed by atoms with E-state index in [-0.39, 0.29) is 43.5 Å². The first kappa shape index (κ1) is 24.9. The number of aliphatic carboxylic acids is 1. The summed E-state index contributed by atoms with van der Waals surface area (Å²) in [6.45, 7) is 2.88. The number of amides is 3. The van der Waals surface area contributed by atoms with Crippen molar-refractivity contribution in [1.82, 2.24) is 15.6 Å². The lowest BCUT2D eigenvalue weighted by molar-refractivity contribution is -0.138. The Balaban J connectivity index is 1.64. The van der Waals surface area contributed by atoms with Crippen LogP contribution in [0.3, 0.4) is 0 Å². The Kier molecular flexibility index (Phi) is 8.73. The SMILES string of the molecule is CCCCNC(=O)Cc1cccc(N2CC(C(=O)NC(CC(=O)O)c3cccnc3)CC2=O)c1. The fourth-order valence-corrected chi connectivity index (χ4v) is 3.92. The van der Waals surface area contributed by atoms with Crippen LogP contribution in [0.4, 0.5) is 5.69 Å². The number of nitrogens with one attached hydrogen (secondary N) is 2. The number of aromatic nitrogens is 1. The lowest BCUT2D eigenvalue weighted by Gasteiger charge is -2.20. The molecule has 2 heterocycles. The highest BCUT2D eigenvalue weighted by molar-refractivity contribution is 6.00. The maximum Gasteiger partial charge on any atom is 0.305 e. The van der Waals surface area contributed by atoms with Gasteiger partial charge >= 0.3 is 5.97 Å². The molecule has 1 fully saturated rings. The number of carboxylic acid groups (broad SMARTS) is 1. The van der Waals surface area contributed by atoms with Crippen LogP contribution in [-0.2, 0) is 25.6 Å². The van der Waals surface area contributed by atoms with Gasteiger partial charge < -0.3 is 20.6 Å². The van der Waals surface area contributed by atoms with Crippen LogP contribution in [0.25, 0.3) is 0 Å². The predicted octanol–water partition coefficient (Wildman–Crippen LogP) is 2.23. The number of carbonyl (C=O) groups excluding carboxylic acids is 3. The summed E-state index contributed by atoms with van der Waals surface area (Å²) in [6, 6.07) is 9.83. The van der Waals surface area contributed by atoms with E-state index in [0.717, 1.165) is 18.4 Å². The molecule has 1 aromatic carbocycles. The molecule has 1 aliphatic rings. The van der Waals surface area contributed by atoms with Crippen LogP contribution < -0.4 is 15.5 Å². The van der Waals surface area contributed by atoms with Gasteiger partial charge in [0.1, 0.15) is 0 Å². The molecule has 1 aliphatic heterocycles. The van der Waals surface area contributed by atoms with Crippen molar-refractivity contribution >= 4 is 29.4 Å². The Labute approximate surface area is 198 Å². The summed E-state index contributed by atoms with van der Waals surface area (Å²) in [4.78, 5) is 54.6. The number of carboxylic acids is 1. The summed E-state index contributed by atoms with van der Waals surface area (Å²) in [5.41, 5.74) is 2.00. The van der Waals surface area contributed by atoms with Crippen LogP contribution in [0.2, 0.25) is 0 Å². The largest absolute Gasteiger partial charge is 0.481 e. The zero-order chi connectivity index (χ0) is 24.5. The molecule has 0 spiro atoms. The number of rotatable bonds is 11. The van der Waals surface area contributed by atoms with Gasteiger partial charge in [0.15, 0.2) is 0 Å². The molecule has 3 N–H and O–H groups in total. The first-order chi connectivity index (χ1) is 16.4. The lowest BCUT2D eigenvalue weighted by Crippen LogP contribution is -2.36. The molecule has 3 amide bonds. The third-order valence-electron chi connectivity index (χ3n) is 5.72. The molecular formula is C25H30N4O5. The standard InChI is InChI=1S/C25H30N4O5/c1-2-3-10-27-22(30)12-17-6-4-8-20(11-17)29-16-19(13-23(29)31)25(34)28-21(14-24(32)33)18-7-5-9-26-15-18/h4-9,11,15,19,21H,2-3,10,12-14,16H2,1H3,(H,27,30)(H,28,34)(H,32,33). The van der Waals surface area contributed by atoms with E-state index in [0.29, 0.717) is 17.8 Å². The minimum Gasteiger partial charge on any atom is -0.481 e. The Hall–Kier alpha value is -3.75. The van der Waals surface area contributed by atoms with Crippen molar-refractivity contribution < 1.29 is 24.3 Å². The molecule has 0 saturated carbocycles. The van der Waals surface area contributed by atoms with Gasteiger partial charge in [-0.2, -0.15) is 0 Å². The van der Waals surface area contributed by atoms with Gasteiger partial charge in [-0.25, -0.2) is 0 Å². The summed E-state index contributed by atoms with van der Waals surface area (Å²) < 4.78 is 0. The van der Waals surface area contributed by atoms with Crippen molar-refractivity contribution in [2.45, 2.75) is 45.1 Å². The van der Waals surface area contributed by atoms with Crippen molar-refractivity contribution in [2.24, 2.45) is 5.92 Å². The van der Waals surface area contributed by atoms with E-state index in [2.05, 4.69) is 22.5 Å². The molecule has 3 rings (SSSR count). The van der Waals surface area contributed by atoms with E-state index in [4.69, 9.17) is 0 Å². The molecule has 180 valence electrons. The van der Waals surface area contributed by atoms with Crippen molar-refractivity contribution in [3.8, 4) is 0 Å². The van der Waals surface area contributed by atoms with Crippen molar-refractivity contribution in [1.29, 1.82) is 0 Å². The van der Waals surface area contributed by atoms with Crippen LogP contribution in [0.5, 0.6) is 0 Å². The minimum absolute atomic E-state index is 0.0282. The summed E-state index contributed by atoms with van der Waals surface area (Å²) in [6.07, 6.45) is 4.96. The number of nitrogens with zero attached hydrogens (tertiary/aromatic N) is 2. The molecule has 2 unspecified atom stereocenters. The monoisotopic (exact) mass is 466 g/mol. The number of unbranched alkanes of at least 4 members (excludes halogenated alkanes) is 1. The van der Waals surface area contributed by atoms with Gasteiger partial charge in [-0.3, -0.25) is 24.2 Å². The predicted molar refractivity (Wildman–Crippen MR) is 126 cm³/mol. The molecule has 0 radical (unpaired) electrons. The fraction of sp³-hybridized carbons (Fsp3) is 0.400. The quantitative estimate of drug-likeness (QED) is 0.436. The second-order valence-electron chi connectivity index (χ2n) is 8.40. The van der Waals surface area contributed by atoms with Crippen LogP contribution in [0.1, 0.15) is 49.8 Å². The summed E-state index contributed by atoms with van der Waals surface area (Å²) >= 11 is 0. The molecule has 0 aliphatic carbocycles. The summed E-state index contributed by atoms with van der Waals surface area (Å²) in [5.74, 6) is -2.30. The first-order valence-electron chi connectivity index (χ1n) is 11.5. The summed E-state index contributed by atoms with van der Waals surface area (Å²) in [7, 11) is 0. The van der Waals surface area contributed by atoms with Crippen molar-refractivity contribution in [2.75, 3.05) is 18.0 Å². The zero-order valence-electron chi connectivity index (χ0n) is 19.2. The average Bonchev–Trinajstić information content (AvgIpc) is 3.21. The highest BCUT2D eigenvalue weighted by Crippen LogP contribution is 2.27. The number of pyridine rings is 1. The Morgan fingerprint density at radius 2 is 2.06 bits per heavy atom. The maximum atomic E-state index is 12.9. The average molecular weight is 467 g/mol. The molecule has 0 bridgehead atoms. The normalized spacial score (nSPS) is 16.2. The number of hydrogen-bond donors (Lipinski definition) is 3. The van der Waals surface area contributed by atoms with Gasteiger partial charge in [0.05, 0.1) is 24.8 Å². The molecule has 34 heavy (non-hydrogen) atoms. The Bertz CT molecular complexity index is 1030. The van der Waals surface area contributed by atoms with Gasteiger partial charge in [-0.15, -0.1) is 0 Å². The first-order valence-corrected chi connectivity index (χ1v) is 11.5. The molecule has 2 aromatic rings. The number of anilines is 1. The van der Waals surface area contributed by atoms with E-state index < -0.39 is 17.9 Å². The van der Waals surface area contributed by atoms with Crippen LogP contribution >= 0.6 is 0 Å². The van der Waals surface area contributed by atoms with Crippen molar-refractivity contribution in [3.05, 3.63) is 59.9 Å². The molecule has 1 aromatic heterocycles. The summed E-state index contributed by atoms with van der Waals surface area (Å²) in [5, 5.41) is 14.9. The van der Waals surface area contributed by atoms with Crippen LogP contribution in [-0.4, -0.2) is 46.9 Å².